The van der Waals surface area contributed by atoms with Gasteiger partial charge in [-0.2, -0.15) is 0 Å². The first-order chi connectivity index (χ1) is 9.96. The number of benzene rings is 2. The maximum absolute atomic E-state index is 14.2. The normalized spacial score (nSPS) is 12.1. The van der Waals surface area contributed by atoms with Gasteiger partial charge in [0.25, 0.3) is 0 Å². The van der Waals surface area contributed by atoms with E-state index in [1.165, 1.54) is 20.3 Å². The number of aryl methyl sites for hydroxylation is 2. The van der Waals surface area contributed by atoms with Crippen LogP contribution in [0.2, 0.25) is 0 Å². The molecule has 1 N–H and O–H groups in total. The zero-order valence-corrected chi connectivity index (χ0v) is 12.6. The molecule has 3 nitrogen and oxygen atoms in total. The number of rotatable bonds is 4. The molecule has 112 valence electrons. The molecule has 0 heterocycles. The van der Waals surface area contributed by atoms with E-state index in [0.717, 1.165) is 5.56 Å². The van der Waals surface area contributed by atoms with Crippen LogP contribution in [0.5, 0.6) is 11.5 Å². The molecule has 0 aliphatic carbocycles. The smallest absolute Gasteiger partial charge is 0.129 e. The van der Waals surface area contributed by atoms with Gasteiger partial charge in [-0.25, -0.2) is 4.39 Å². The SMILES string of the molecule is COc1cc(OC)cc(C(O)c2c(C)cc(C)cc2F)c1. The zero-order chi connectivity index (χ0) is 15.6. The first-order valence-corrected chi connectivity index (χ1v) is 6.64. The first kappa shape index (κ1) is 15.3. The summed E-state index contributed by atoms with van der Waals surface area (Å²) < 4.78 is 24.5. The number of ether oxygens (including phenoxy) is 2. The van der Waals surface area contributed by atoms with Crippen LogP contribution in [0.15, 0.2) is 30.3 Å². The van der Waals surface area contributed by atoms with Gasteiger partial charge in [-0.3, -0.25) is 0 Å². The standard InChI is InChI=1S/C17H19FO3/c1-10-5-11(2)16(15(18)6-10)17(19)12-7-13(20-3)9-14(8-12)21-4/h5-9,17,19H,1-4H3. The fourth-order valence-electron chi connectivity index (χ4n) is 2.43. The van der Waals surface area contributed by atoms with Crippen LogP contribution in [-0.4, -0.2) is 19.3 Å². The van der Waals surface area contributed by atoms with Gasteiger partial charge in [-0.1, -0.05) is 6.07 Å². The predicted molar refractivity (Wildman–Crippen MR) is 79.5 cm³/mol. The van der Waals surface area contributed by atoms with Crippen LogP contribution >= 0.6 is 0 Å². The summed E-state index contributed by atoms with van der Waals surface area (Å²) >= 11 is 0. The molecule has 0 fully saturated rings. The summed E-state index contributed by atoms with van der Waals surface area (Å²) in [4.78, 5) is 0. The van der Waals surface area contributed by atoms with Crippen molar-refractivity contribution in [3.05, 3.63) is 58.4 Å². The lowest BCUT2D eigenvalue weighted by Crippen LogP contribution is -2.06. The quantitative estimate of drug-likeness (QED) is 0.936. The molecule has 2 rings (SSSR count). The van der Waals surface area contributed by atoms with E-state index in [0.29, 0.717) is 22.6 Å². The van der Waals surface area contributed by atoms with Gasteiger partial charge >= 0.3 is 0 Å². The molecule has 4 heteroatoms. The van der Waals surface area contributed by atoms with Gasteiger partial charge in [0.05, 0.1) is 14.2 Å². The lowest BCUT2D eigenvalue weighted by Gasteiger charge is -2.17. The summed E-state index contributed by atoms with van der Waals surface area (Å²) in [6.45, 7) is 3.60. The Morgan fingerprint density at radius 2 is 1.52 bits per heavy atom. The maximum Gasteiger partial charge on any atom is 0.129 e. The summed E-state index contributed by atoms with van der Waals surface area (Å²) in [7, 11) is 3.06. The Bertz CT molecular complexity index is 607. The molecule has 1 atom stereocenters. The van der Waals surface area contributed by atoms with E-state index in [9.17, 15) is 9.50 Å². The fourth-order valence-corrected chi connectivity index (χ4v) is 2.43. The largest absolute Gasteiger partial charge is 0.497 e. The van der Waals surface area contributed by atoms with Gasteiger partial charge in [0.1, 0.15) is 23.4 Å². The van der Waals surface area contributed by atoms with Gasteiger partial charge in [-0.05, 0) is 48.7 Å². The topological polar surface area (TPSA) is 38.7 Å². The summed E-state index contributed by atoms with van der Waals surface area (Å²) in [6, 6.07) is 8.31. The highest BCUT2D eigenvalue weighted by Gasteiger charge is 2.19. The van der Waals surface area contributed by atoms with Crippen LogP contribution in [0.4, 0.5) is 4.39 Å². The Labute approximate surface area is 124 Å². The van der Waals surface area contributed by atoms with E-state index in [1.807, 2.05) is 13.0 Å². The monoisotopic (exact) mass is 290 g/mol. The van der Waals surface area contributed by atoms with Gasteiger partial charge in [0, 0.05) is 11.6 Å². The summed E-state index contributed by atoms with van der Waals surface area (Å²) in [5, 5.41) is 10.5. The second-order valence-corrected chi connectivity index (χ2v) is 5.03. The van der Waals surface area contributed by atoms with Crippen molar-refractivity contribution in [2.45, 2.75) is 20.0 Å². The first-order valence-electron chi connectivity index (χ1n) is 6.64. The van der Waals surface area contributed by atoms with Crippen LogP contribution in [-0.2, 0) is 0 Å². The van der Waals surface area contributed by atoms with Crippen molar-refractivity contribution in [3.8, 4) is 11.5 Å². The van der Waals surface area contributed by atoms with Crippen molar-refractivity contribution in [1.29, 1.82) is 0 Å². The van der Waals surface area contributed by atoms with Crippen LogP contribution in [0, 0.1) is 19.7 Å². The van der Waals surface area contributed by atoms with Crippen molar-refractivity contribution in [2.75, 3.05) is 14.2 Å². The number of hydrogen-bond acceptors (Lipinski definition) is 3. The van der Waals surface area contributed by atoms with Gasteiger partial charge in [0.15, 0.2) is 0 Å². The predicted octanol–water partition coefficient (Wildman–Crippen LogP) is 3.54. The van der Waals surface area contributed by atoms with Crippen molar-refractivity contribution in [2.24, 2.45) is 0 Å². The second-order valence-electron chi connectivity index (χ2n) is 5.03. The Morgan fingerprint density at radius 1 is 0.952 bits per heavy atom. The Kier molecular flexibility index (Phi) is 4.48. The third-order valence-electron chi connectivity index (χ3n) is 3.44. The Morgan fingerprint density at radius 3 is 2.00 bits per heavy atom. The Balaban J connectivity index is 2.52. The highest BCUT2D eigenvalue weighted by Crippen LogP contribution is 2.32. The van der Waals surface area contributed by atoms with E-state index < -0.39 is 11.9 Å². The van der Waals surface area contributed by atoms with E-state index in [2.05, 4.69) is 0 Å². The molecule has 0 saturated heterocycles. The summed E-state index contributed by atoms with van der Waals surface area (Å²) in [5.41, 5.74) is 2.33. The highest BCUT2D eigenvalue weighted by molar-refractivity contribution is 5.44. The van der Waals surface area contributed by atoms with E-state index >= 15 is 0 Å². The molecule has 2 aromatic carbocycles. The molecule has 2 aromatic rings. The average Bonchev–Trinajstić information content (AvgIpc) is 2.45. The van der Waals surface area contributed by atoms with Gasteiger partial charge in [0.2, 0.25) is 0 Å². The number of halogens is 1. The Hall–Kier alpha value is -2.07. The highest BCUT2D eigenvalue weighted by atomic mass is 19.1. The van der Waals surface area contributed by atoms with Crippen molar-refractivity contribution in [3.63, 3.8) is 0 Å². The lowest BCUT2D eigenvalue weighted by molar-refractivity contribution is 0.213. The van der Waals surface area contributed by atoms with Crippen molar-refractivity contribution in [1.82, 2.24) is 0 Å². The van der Waals surface area contributed by atoms with Crippen molar-refractivity contribution < 1.29 is 19.0 Å². The van der Waals surface area contributed by atoms with E-state index in [1.54, 1.807) is 25.1 Å². The second kappa shape index (κ2) is 6.14. The summed E-state index contributed by atoms with van der Waals surface area (Å²) in [5.74, 6) is 0.684. The number of aliphatic hydroxyl groups excluding tert-OH is 1. The van der Waals surface area contributed by atoms with Crippen LogP contribution in [0.25, 0.3) is 0 Å². The molecule has 0 radical (unpaired) electrons. The molecule has 0 aliphatic heterocycles. The summed E-state index contributed by atoms with van der Waals surface area (Å²) in [6.07, 6.45) is -1.07. The lowest BCUT2D eigenvalue weighted by atomic mass is 9.95. The molecule has 0 bridgehead atoms. The van der Waals surface area contributed by atoms with Crippen molar-refractivity contribution >= 4 is 0 Å². The number of methoxy groups -OCH3 is 2. The average molecular weight is 290 g/mol. The molecular weight excluding hydrogens is 271 g/mol. The molecule has 1 unspecified atom stereocenters. The molecule has 0 aromatic heterocycles. The fraction of sp³-hybridized carbons (Fsp3) is 0.294. The molecule has 0 amide bonds. The molecular formula is C17H19FO3. The minimum absolute atomic E-state index is 0.274. The van der Waals surface area contributed by atoms with Crippen LogP contribution in [0.3, 0.4) is 0 Å². The maximum atomic E-state index is 14.2. The molecule has 0 saturated carbocycles. The number of aliphatic hydroxyl groups is 1. The minimum Gasteiger partial charge on any atom is -0.497 e. The van der Waals surface area contributed by atoms with E-state index in [-0.39, 0.29) is 5.56 Å². The van der Waals surface area contributed by atoms with Crippen LogP contribution in [0.1, 0.15) is 28.4 Å². The van der Waals surface area contributed by atoms with Gasteiger partial charge in [-0.15, -0.1) is 0 Å². The third-order valence-corrected chi connectivity index (χ3v) is 3.44. The molecule has 21 heavy (non-hydrogen) atoms. The minimum atomic E-state index is -1.07. The number of hydrogen-bond donors (Lipinski definition) is 1. The molecule has 0 spiro atoms. The third kappa shape index (κ3) is 3.16. The van der Waals surface area contributed by atoms with Gasteiger partial charge < -0.3 is 14.6 Å². The van der Waals surface area contributed by atoms with Crippen LogP contribution < -0.4 is 9.47 Å². The zero-order valence-electron chi connectivity index (χ0n) is 12.6. The van der Waals surface area contributed by atoms with E-state index in [4.69, 9.17) is 9.47 Å². The molecule has 0 aliphatic rings.